The van der Waals surface area contributed by atoms with Crippen LogP contribution >= 0.6 is 11.8 Å². The van der Waals surface area contributed by atoms with Crippen molar-refractivity contribution in [3.05, 3.63) is 40.9 Å². The zero-order chi connectivity index (χ0) is 21.1. The van der Waals surface area contributed by atoms with Crippen LogP contribution in [0, 0.1) is 0 Å². The number of nitrogens with one attached hydrogen (secondary N) is 1. The first-order valence-corrected chi connectivity index (χ1v) is 11.6. The second-order valence-corrected chi connectivity index (χ2v) is 8.70. The molecular weight excluding hydrogens is 396 g/mol. The Balaban J connectivity index is 1.62. The van der Waals surface area contributed by atoms with Gasteiger partial charge in [-0.25, -0.2) is 0 Å². The molecule has 2 aliphatic rings. The zero-order valence-electron chi connectivity index (χ0n) is 17.6. The van der Waals surface area contributed by atoms with E-state index in [0.717, 1.165) is 34.5 Å². The number of rotatable bonds is 6. The molecule has 0 radical (unpaired) electrons. The Morgan fingerprint density at radius 2 is 2.03 bits per heavy atom. The average molecular weight is 425 g/mol. The lowest BCUT2D eigenvalue weighted by Gasteiger charge is -2.12. The molecule has 2 amide bonds. The minimum atomic E-state index is -0.00879. The Morgan fingerprint density at radius 3 is 2.77 bits per heavy atom. The second-order valence-electron chi connectivity index (χ2n) is 7.70. The molecule has 1 N–H and O–H groups in total. The van der Waals surface area contributed by atoms with Crippen LogP contribution in [0.2, 0.25) is 0 Å². The Labute approximate surface area is 181 Å². The number of aliphatic imine (C=N–C) groups is 1. The van der Waals surface area contributed by atoms with Crippen LogP contribution in [0.4, 0.5) is 0 Å². The number of amidine groups is 1. The minimum Gasteiger partial charge on any atom is -0.352 e. The molecule has 0 atom stereocenters. The fourth-order valence-electron chi connectivity index (χ4n) is 4.20. The number of para-hydroxylation sites is 1. The highest BCUT2D eigenvalue weighted by Crippen LogP contribution is 2.34. The number of benzene rings is 1. The molecule has 158 valence electrons. The molecule has 1 aromatic heterocycles. The van der Waals surface area contributed by atoms with Crippen LogP contribution in [0.25, 0.3) is 17.0 Å². The summed E-state index contributed by atoms with van der Waals surface area (Å²) in [5.41, 5.74) is 1.94. The van der Waals surface area contributed by atoms with E-state index < -0.39 is 0 Å². The summed E-state index contributed by atoms with van der Waals surface area (Å²) in [4.78, 5) is 32.3. The van der Waals surface area contributed by atoms with Crippen LogP contribution in [0.15, 0.2) is 40.4 Å². The van der Waals surface area contributed by atoms with E-state index in [0.29, 0.717) is 24.0 Å². The van der Waals surface area contributed by atoms with Gasteiger partial charge < -0.3 is 9.88 Å². The molecular formula is C23H28N4O2S. The van der Waals surface area contributed by atoms with Crippen molar-refractivity contribution in [1.29, 1.82) is 0 Å². The van der Waals surface area contributed by atoms with Gasteiger partial charge in [0.1, 0.15) is 6.54 Å². The Bertz CT molecular complexity index is 1020. The van der Waals surface area contributed by atoms with E-state index in [1.165, 1.54) is 24.6 Å². The number of hydrogen-bond donors (Lipinski definition) is 1. The highest BCUT2D eigenvalue weighted by Gasteiger charge is 2.32. The zero-order valence-corrected chi connectivity index (χ0v) is 18.4. The standard InChI is InChI=1S/C23H28N4O2S/c1-3-24-23-27(4-2)22(29)20(30-23)13-16-14-26(19-12-8-7-11-18(16)19)15-21(28)25-17-9-5-6-10-17/h7-8,11-14,17H,3-6,9-10,15H2,1-2H3,(H,25,28). The Hall–Kier alpha value is -2.54. The Kier molecular flexibility index (Phi) is 6.27. The lowest BCUT2D eigenvalue weighted by molar-refractivity contribution is -0.123. The number of amides is 2. The summed E-state index contributed by atoms with van der Waals surface area (Å²) in [6.45, 7) is 5.46. The van der Waals surface area contributed by atoms with Crippen molar-refractivity contribution in [2.75, 3.05) is 13.1 Å². The summed E-state index contributed by atoms with van der Waals surface area (Å²) in [6, 6.07) is 8.33. The van der Waals surface area contributed by atoms with E-state index in [9.17, 15) is 9.59 Å². The summed E-state index contributed by atoms with van der Waals surface area (Å²) < 4.78 is 1.98. The smallest absolute Gasteiger partial charge is 0.266 e. The molecule has 30 heavy (non-hydrogen) atoms. The molecule has 1 aliphatic carbocycles. The largest absolute Gasteiger partial charge is 0.352 e. The third-order valence-electron chi connectivity index (χ3n) is 5.64. The summed E-state index contributed by atoms with van der Waals surface area (Å²) in [5.74, 6) is 0.0354. The van der Waals surface area contributed by atoms with Gasteiger partial charge in [0.2, 0.25) is 5.91 Å². The van der Waals surface area contributed by atoms with Crippen molar-refractivity contribution in [2.45, 2.75) is 52.1 Å². The maximum absolute atomic E-state index is 12.8. The maximum atomic E-state index is 12.8. The van der Waals surface area contributed by atoms with Gasteiger partial charge in [0, 0.05) is 41.8 Å². The van der Waals surface area contributed by atoms with Crippen molar-refractivity contribution in [3.63, 3.8) is 0 Å². The number of carbonyl (C=O) groups is 2. The first-order valence-electron chi connectivity index (χ1n) is 10.7. The first-order chi connectivity index (χ1) is 14.6. The molecule has 1 saturated carbocycles. The van der Waals surface area contributed by atoms with Crippen LogP contribution in [0.5, 0.6) is 0 Å². The van der Waals surface area contributed by atoms with Crippen LogP contribution in [-0.2, 0) is 16.1 Å². The third kappa shape index (κ3) is 4.17. The van der Waals surface area contributed by atoms with Crippen LogP contribution < -0.4 is 5.32 Å². The number of carbonyl (C=O) groups excluding carboxylic acids is 2. The van der Waals surface area contributed by atoms with Gasteiger partial charge in [-0.1, -0.05) is 31.0 Å². The first kappa shape index (κ1) is 20.7. The second kappa shape index (κ2) is 9.08. The molecule has 2 fully saturated rings. The molecule has 0 bridgehead atoms. The molecule has 2 aromatic rings. The summed E-state index contributed by atoms with van der Waals surface area (Å²) in [7, 11) is 0. The third-order valence-corrected chi connectivity index (χ3v) is 6.68. The van der Waals surface area contributed by atoms with Gasteiger partial charge in [-0.2, -0.15) is 0 Å². The molecule has 7 heteroatoms. The van der Waals surface area contributed by atoms with Gasteiger partial charge in [0.05, 0.1) is 4.91 Å². The van der Waals surface area contributed by atoms with Crippen molar-refractivity contribution < 1.29 is 9.59 Å². The molecule has 1 aliphatic heterocycles. The topological polar surface area (TPSA) is 66.7 Å². The van der Waals surface area contributed by atoms with Crippen molar-refractivity contribution in [2.24, 2.45) is 4.99 Å². The van der Waals surface area contributed by atoms with Crippen LogP contribution in [-0.4, -0.2) is 45.6 Å². The summed E-state index contributed by atoms with van der Waals surface area (Å²) in [6.07, 6.45) is 8.44. The molecule has 0 unspecified atom stereocenters. The number of nitrogens with zero attached hydrogens (tertiary/aromatic N) is 3. The fourth-order valence-corrected chi connectivity index (χ4v) is 5.30. The van der Waals surface area contributed by atoms with Gasteiger partial charge in [-0.15, -0.1) is 0 Å². The van der Waals surface area contributed by atoms with Crippen molar-refractivity contribution >= 4 is 45.7 Å². The van der Waals surface area contributed by atoms with Gasteiger partial charge in [-0.3, -0.25) is 19.5 Å². The van der Waals surface area contributed by atoms with E-state index in [1.807, 2.05) is 55.0 Å². The van der Waals surface area contributed by atoms with Crippen molar-refractivity contribution in [3.8, 4) is 0 Å². The number of hydrogen-bond acceptors (Lipinski definition) is 4. The lowest BCUT2D eigenvalue weighted by Crippen LogP contribution is -2.35. The molecule has 0 spiro atoms. The van der Waals surface area contributed by atoms with E-state index in [-0.39, 0.29) is 18.4 Å². The quantitative estimate of drug-likeness (QED) is 0.713. The SMILES string of the molecule is CCN=C1SC(=Cc2cn(CC(=O)NC3CCCC3)c3ccccc23)C(=O)N1CC. The number of thioether (sulfide) groups is 1. The monoisotopic (exact) mass is 424 g/mol. The molecule has 2 heterocycles. The average Bonchev–Trinajstić information content (AvgIpc) is 3.43. The Morgan fingerprint density at radius 1 is 1.27 bits per heavy atom. The van der Waals surface area contributed by atoms with Gasteiger partial charge >= 0.3 is 0 Å². The van der Waals surface area contributed by atoms with Crippen molar-refractivity contribution in [1.82, 2.24) is 14.8 Å². The molecule has 6 nitrogen and oxygen atoms in total. The molecule has 4 rings (SSSR count). The number of likely N-dealkylation sites (N-methyl/N-ethyl adjacent to an activating group) is 1. The predicted octanol–water partition coefficient (Wildman–Crippen LogP) is 4.01. The normalized spacial score (nSPS) is 20.2. The highest BCUT2D eigenvalue weighted by atomic mass is 32.2. The maximum Gasteiger partial charge on any atom is 0.266 e. The fraction of sp³-hybridized carbons (Fsp3) is 0.435. The van der Waals surface area contributed by atoms with Gasteiger partial charge in [0.25, 0.3) is 5.91 Å². The predicted molar refractivity (Wildman–Crippen MR) is 123 cm³/mol. The number of aromatic nitrogens is 1. The summed E-state index contributed by atoms with van der Waals surface area (Å²) >= 11 is 1.42. The minimum absolute atomic E-state index is 0.00879. The van der Waals surface area contributed by atoms with Gasteiger partial charge in [-0.05, 0) is 50.6 Å². The van der Waals surface area contributed by atoms with Crippen LogP contribution in [0.3, 0.4) is 0 Å². The van der Waals surface area contributed by atoms with E-state index in [1.54, 1.807) is 4.90 Å². The highest BCUT2D eigenvalue weighted by molar-refractivity contribution is 8.18. The summed E-state index contributed by atoms with van der Waals surface area (Å²) in [5, 5.41) is 4.96. The van der Waals surface area contributed by atoms with E-state index in [4.69, 9.17) is 0 Å². The van der Waals surface area contributed by atoms with E-state index in [2.05, 4.69) is 10.3 Å². The number of fused-ring (bicyclic) bond motifs is 1. The lowest BCUT2D eigenvalue weighted by atomic mass is 10.1. The molecule has 1 aromatic carbocycles. The molecule has 1 saturated heterocycles. The van der Waals surface area contributed by atoms with Gasteiger partial charge in [0.15, 0.2) is 5.17 Å². The van der Waals surface area contributed by atoms with E-state index >= 15 is 0 Å². The van der Waals surface area contributed by atoms with Crippen LogP contribution in [0.1, 0.15) is 45.1 Å².